The molecule has 2 N–H and O–H groups in total. The van der Waals surface area contributed by atoms with Gasteiger partial charge in [0.25, 0.3) is 0 Å². The Morgan fingerprint density at radius 1 is 1.14 bits per heavy atom. The molecule has 0 saturated carbocycles. The number of aromatic nitrogens is 1. The van der Waals surface area contributed by atoms with Crippen molar-refractivity contribution in [1.82, 2.24) is 4.98 Å². The number of benzene rings is 1. The third kappa shape index (κ3) is 3.95. The number of rotatable bonds is 7. The molecule has 4 heteroatoms. The highest BCUT2D eigenvalue weighted by atomic mass is 16.5. The fourth-order valence-electron chi connectivity index (χ4n) is 2.16. The molecule has 0 spiro atoms. The average molecular weight is 286 g/mol. The summed E-state index contributed by atoms with van der Waals surface area (Å²) in [5.74, 6) is 1.53. The lowest BCUT2D eigenvalue weighted by atomic mass is 10.1. The minimum absolute atomic E-state index is 0.425. The van der Waals surface area contributed by atoms with E-state index in [4.69, 9.17) is 15.2 Å². The second-order valence-corrected chi connectivity index (χ2v) is 4.77. The normalized spacial score (nSPS) is 10.4. The van der Waals surface area contributed by atoms with E-state index in [1.165, 1.54) is 0 Å². The van der Waals surface area contributed by atoms with Crippen molar-refractivity contribution in [2.24, 2.45) is 5.73 Å². The number of hydrogen-bond acceptors (Lipinski definition) is 4. The predicted octanol–water partition coefficient (Wildman–Crippen LogP) is 2.87. The van der Waals surface area contributed by atoms with E-state index in [1.807, 2.05) is 44.2 Å². The zero-order valence-electron chi connectivity index (χ0n) is 12.6. The molecule has 1 heterocycles. The van der Waals surface area contributed by atoms with Crippen molar-refractivity contribution < 1.29 is 9.47 Å². The summed E-state index contributed by atoms with van der Waals surface area (Å²) in [4.78, 5) is 4.35. The quantitative estimate of drug-likeness (QED) is 0.850. The molecule has 0 bridgehead atoms. The first-order chi connectivity index (χ1) is 10.3. The fourth-order valence-corrected chi connectivity index (χ4v) is 2.16. The van der Waals surface area contributed by atoms with Gasteiger partial charge in [-0.1, -0.05) is 18.2 Å². The van der Waals surface area contributed by atoms with Crippen molar-refractivity contribution >= 4 is 0 Å². The van der Waals surface area contributed by atoms with E-state index in [0.717, 1.165) is 34.7 Å². The van der Waals surface area contributed by atoms with Crippen LogP contribution in [-0.2, 0) is 13.0 Å². The van der Waals surface area contributed by atoms with Crippen LogP contribution < -0.4 is 15.2 Å². The number of para-hydroxylation sites is 1. The Hall–Kier alpha value is -2.07. The molecular formula is C17H22N2O2. The van der Waals surface area contributed by atoms with Gasteiger partial charge >= 0.3 is 0 Å². The molecule has 2 rings (SSSR count). The largest absolute Gasteiger partial charge is 0.490 e. The van der Waals surface area contributed by atoms with Crippen molar-refractivity contribution in [2.45, 2.75) is 26.9 Å². The molecule has 0 unspecified atom stereocenters. The standard InChI is InChI=1S/C17H22N2O2/c1-3-20-16-8-4-7-14(9-10-18)17(16)21-12-15-13(2)6-5-11-19-15/h4-8,11H,3,9-10,12,18H2,1-2H3. The van der Waals surface area contributed by atoms with Crippen LogP contribution in [0.4, 0.5) is 0 Å². The molecule has 21 heavy (non-hydrogen) atoms. The number of hydrogen-bond donors (Lipinski definition) is 1. The number of aryl methyl sites for hydroxylation is 1. The van der Waals surface area contributed by atoms with Gasteiger partial charge in [0.15, 0.2) is 11.5 Å². The Labute approximate surface area is 125 Å². The van der Waals surface area contributed by atoms with Gasteiger partial charge in [-0.05, 0) is 50.1 Å². The highest BCUT2D eigenvalue weighted by Crippen LogP contribution is 2.32. The number of nitrogens with two attached hydrogens (primary N) is 1. The van der Waals surface area contributed by atoms with Crippen LogP contribution in [0.1, 0.15) is 23.7 Å². The van der Waals surface area contributed by atoms with E-state index in [2.05, 4.69) is 4.98 Å². The van der Waals surface area contributed by atoms with E-state index in [0.29, 0.717) is 19.8 Å². The fraction of sp³-hybridized carbons (Fsp3) is 0.353. The summed E-state index contributed by atoms with van der Waals surface area (Å²) >= 11 is 0. The highest BCUT2D eigenvalue weighted by Gasteiger charge is 2.11. The van der Waals surface area contributed by atoms with Crippen LogP contribution in [0.2, 0.25) is 0 Å². The average Bonchev–Trinajstić information content (AvgIpc) is 2.49. The number of pyridine rings is 1. The molecule has 0 fully saturated rings. The summed E-state index contributed by atoms with van der Waals surface area (Å²) in [5, 5.41) is 0. The molecule has 0 saturated heterocycles. The Morgan fingerprint density at radius 2 is 2.00 bits per heavy atom. The van der Waals surface area contributed by atoms with Crippen LogP contribution in [0.25, 0.3) is 0 Å². The SMILES string of the molecule is CCOc1cccc(CCN)c1OCc1ncccc1C. The second-order valence-electron chi connectivity index (χ2n) is 4.77. The Bertz CT molecular complexity index is 561. The van der Waals surface area contributed by atoms with Crippen molar-refractivity contribution in [3.8, 4) is 11.5 Å². The molecule has 1 aromatic heterocycles. The molecule has 0 aliphatic heterocycles. The number of ether oxygens (including phenoxy) is 2. The Morgan fingerprint density at radius 3 is 2.71 bits per heavy atom. The molecule has 0 aliphatic rings. The van der Waals surface area contributed by atoms with E-state index in [-0.39, 0.29) is 0 Å². The molecule has 112 valence electrons. The molecule has 0 amide bonds. The topological polar surface area (TPSA) is 57.4 Å². The lowest BCUT2D eigenvalue weighted by molar-refractivity contribution is 0.263. The second kappa shape index (κ2) is 7.64. The summed E-state index contributed by atoms with van der Waals surface area (Å²) < 4.78 is 11.7. The van der Waals surface area contributed by atoms with Crippen LogP contribution in [0.5, 0.6) is 11.5 Å². The summed E-state index contributed by atoms with van der Waals surface area (Å²) in [5.41, 5.74) is 8.79. The molecule has 1 aromatic carbocycles. The van der Waals surface area contributed by atoms with Crippen LogP contribution in [0, 0.1) is 6.92 Å². The van der Waals surface area contributed by atoms with Crippen LogP contribution in [-0.4, -0.2) is 18.1 Å². The van der Waals surface area contributed by atoms with Gasteiger partial charge in [0, 0.05) is 6.20 Å². The Balaban J connectivity index is 2.22. The molecule has 4 nitrogen and oxygen atoms in total. The van der Waals surface area contributed by atoms with E-state index in [9.17, 15) is 0 Å². The van der Waals surface area contributed by atoms with E-state index < -0.39 is 0 Å². The van der Waals surface area contributed by atoms with Crippen molar-refractivity contribution in [1.29, 1.82) is 0 Å². The van der Waals surface area contributed by atoms with Gasteiger partial charge in [-0.3, -0.25) is 4.98 Å². The highest BCUT2D eigenvalue weighted by molar-refractivity contribution is 5.47. The van der Waals surface area contributed by atoms with Gasteiger partial charge in [-0.2, -0.15) is 0 Å². The first-order valence-corrected chi connectivity index (χ1v) is 7.24. The van der Waals surface area contributed by atoms with E-state index in [1.54, 1.807) is 6.20 Å². The van der Waals surface area contributed by atoms with Gasteiger partial charge in [-0.25, -0.2) is 0 Å². The molecular weight excluding hydrogens is 264 g/mol. The maximum Gasteiger partial charge on any atom is 0.164 e. The summed E-state index contributed by atoms with van der Waals surface area (Å²) in [7, 11) is 0. The van der Waals surface area contributed by atoms with Gasteiger partial charge in [0.2, 0.25) is 0 Å². The van der Waals surface area contributed by atoms with Gasteiger partial charge < -0.3 is 15.2 Å². The molecule has 2 aromatic rings. The van der Waals surface area contributed by atoms with E-state index >= 15 is 0 Å². The van der Waals surface area contributed by atoms with Gasteiger partial charge in [0.05, 0.1) is 12.3 Å². The Kier molecular flexibility index (Phi) is 5.58. The smallest absolute Gasteiger partial charge is 0.164 e. The lowest BCUT2D eigenvalue weighted by Crippen LogP contribution is -2.08. The summed E-state index contributed by atoms with van der Waals surface area (Å²) in [6.45, 7) is 5.59. The third-order valence-corrected chi connectivity index (χ3v) is 3.25. The van der Waals surface area contributed by atoms with Crippen LogP contribution in [0.15, 0.2) is 36.5 Å². The maximum absolute atomic E-state index is 6.00. The third-order valence-electron chi connectivity index (χ3n) is 3.25. The maximum atomic E-state index is 6.00. The van der Waals surface area contributed by atoms with Gasteiger partial charge in [-0.15, -0.1) is 0 Å². The summed E-state index contributed by atoms with van der Waals surface area (Å²) in [6.07, 6.45) is 2.54. The van der Waals surface area contributed by atoms with Gasteiger partial charge in [0.1, 0.15) is 6.61 Å². The van der Waals surface area contributed by atoms with Crippen molar-refractivity contribution in [3.63, 3.8) is 0 Å². The van der Waals surface area contributed by atoms with Crippen molar-refractivity contribution in [2.75, 3.05) is 13.2 Å². The minimum Gasteiger partial charge on any atom is -0.490 e. The lowest BCUT2D eigenvalue weighted by Gasteiger charge is -2.16. The molecule has 0 radical (unpaired) electrons. The first kappa shape index (κ1) is 15.3. The number of nitrogens with zero attached hydrogens (tertiary/aromatic N) is 1. The summed E-state index contributed by atoms with van der Waals surface area (Å²) in [6, 6.07) is 9.86. The zero-order valence-corrected chi connectivity index (χ0v) is 12.6. The predicted molar refractivity (Wildman–Crippen MR) is 83.7 cm³/mol. The monoisotopic (exact) mass is 286 g/mol. The van der Waals surface area contributed by atoms with Crippen molar-refractivity contribution in [3.05, 3.63) is 53.3 Å². The van der Waals surface area contributed by atoms with Crippen LogP contribution in [0.3, 0.4) is 0 Å². The van der Waals surface area contributed by atoms with Crippen LogP contribution >= 0.6 is 0 Å². The molecule has 0 aliphatic carbocycles. The first-order valence-electron chi connectivity index (χ1n) is 7.24. The minimum atomic E-state index is 0.425. The zero-order chi connectivity index (χ0) is 15.1. The molecule has 0 atom stereocenters.